The van der Waals surface area contributed by atoms with Gasteiger partial charge in [0.25, 0.3) is 0 Å². The highest BCUT2D eigenvalue weighted by Crippen LogP contribution is 2.59. The minimum absolute atomic E-state index is 0.0270. The van der Waals surface area contributed by atoms with E-state index in [9.17, 15) is 0 Å². The van der Waals surface area contributed by atoms with Gasteiger partial charge in [-0.15, -0.1) is 0 Å². The Kier molecular flexibility index (Phi) is 13.8. The molecule has 3 saturated carbocycles. The molecule has 0 radical (unpaired) electrons. The molecule has 0 aromatic carbocycles. The standard InChI is InChI=1S/C44H82O3Si3/c1-32(22-20-23-33(2)45-48(14,15)41(4,5)6)37-27-28-38-36(24-21-29-44(37,38)13)26-25-35-30-39(46-49(16,17)42(7,8)9)34(3)40(31-35)47-50(18,19)43(10,11)12/h20,22,25-26,32-33,37-40H,3,21,23-24,27-31H2,1-2,4-19H3/b22-20+,36-26+/t32-,33-,37-,38+,39-,40-,44-/m1/s1. The highest BCUT2D eigenvalue weighted by Gasteiger charge is 2.50. The maximum atomic E-state index is 7.12. The van der Waals surface area contributed by atoms with E-state index in [4.69, 9.17) is 13.3 Å². The van der Waals surface area contributed by atoms with Crippen molar-refractivity contribution in [1.82, 2.24) is 0 Å². The van der Waals surface area contributed by atoms with Crippen molar-refractivity contribution in [3.05, 3.63) is 47.6 Å². The van der Waals surface area contributed by atoms with Crippen LogP contribution in [0.3, 0.4) is 0 Å². The summed E-state index contributed by atoms with van der Waals surface area (Å²) in [6, 6.07) is 0. The molecule has 0 aromatic heterocycles. The molecule has 0 saturated heterocycles. The Morgan fingerprint density at radius 1 is 0.780 bits per heavy atom. The van der Waals surface area contributed by atoms with Crippen LogP contribution in [0.2, 0.25) is 54.4 Å². The fourth-order valence-corrected chi connectivity index (χ4v) is 12.2. The van der Waals surface area contributed by atoms with Crippen LogP contribution in [0.5, 0.6) is 0 Å². The van der Waals surface area contributed by atoms with E-state index in [-0.39, 0.29) is 33.4 Å². The molecule has 288 valence electrons. The summed E-state index contributed by atoms with van der Waals surface area (Å²) in [5, 5.41) is 0.557. The molecule has 3 nitrogen and oxygen atoms in total. The Balaban J connectivity index is 1.81. The summed E-state index contributed by atoms with van der Waals surface area (Å²) in [5.41, 5.74) is 4.70. The van der Waals surface area contributed by atoms with E-state index in [1.165, 1.54) is 37.7 Å². The second-order valence-corrected chi connectivity index (χ2v) is 35.9. The van der Waals surface area contributed by atoms with Gasteiger partial charge in [0.1, 0.15) is 0 Å². The Bertz CT molecular complexity index is 1230. The summed E-state index contributed by atoms with van der Waals surface area (Å²) >= 11 is 0. The summed E-state index contributed by atoms with van der Waals surface area (Å²) in [7, 11) is -5.71. The Morgan fingerprint density at radius 2 is 1.28 bits per heavy atom. The third-order valence-corrected chi connectivity index (χ3v) is 28.2. The molecule has 3 aliphatic rings. The van der Waals surface area contributed by atoms with Crippen molar-refractivity contribution in [2.24, 2.45) is 23.2 Å². The van der Waals surface area contributed by atoms with Gasteiger partial charge in [-0.1, -0.05) is 118 Å². The van der Waals surface area contributed by atoms with Crippen LogP contribution in [0, 0.1) is 23.2 Å². The summed E-state index contributed by atoms with van der Waals surface area (Å²) in [4.78, 5) is 0. The molecule has 0 heterocycles. The average Bonchev–Trinajstić information content (AvgIpc) is 3.29. The maximum Gasteiger partial charge on any atom is 0.192 e. The highest BCUT2D eigenvalue weighted by molar-refractivity contribution is 6.75. The molecular weight excluding hydrogens is 661 g/mol. The number of hydrogen-bond acceptors (Lipinski definition) is 3. The first-order valence-electron chi connectivity index (χ1n) is 20.3. The molecule has 0 unspecified atom stereocenters. The van der Waals surface area contributed by atoms with Crippen LogP contribution in [0.1, 0.15) is 134 Å². The fourth-order valence-electron chi connectivity index (χ4n) is 8.18. The van der Waals surface area contributed by atoms with Gasteiger partial charge in [-0.05, 0) is 141 Å². The van der Waals surface area contributed by atoms with Crippen molar-refractivity contribution in [1.29, 1.82) is 0 Å². The number of rotatable bonds is 11. The first kappa shape index (κ1) is 43.9. The third kappa shape index (κ3) is 10.2. The van der Waals surface area contributed by atoms with Crippen molar-refractivity contribution in [3.8, 4) is 0 Å². The molecule has 0 bridgehead atoms. The van der Waals surface area contributed by atoms with Gasteiger partial charge >= 0.3 is 0 Å². The summed E-state index contributed by atoms with van der Waals surface area (Å²) in [6.45, 7) is 47.3. The van der Waals surface area contributed by atoms with E-state index in [0.717, 1.165) is 30.8 Å². The van der Waals surface area contributed by atoms with E-state index in [0.29, 0.717) is 17.3 Å². The lowest BCUT2D eigenvalue weighted by atomic mass is 9.61. The summed E-state index contributed by atoms with van der Waals surface area (Å²) < 4.78 is 20.9. The van der Waals surface area contributed by atoms with Gasteiger partial charge in [-0.3, -0.25) is 0 Å². The topological polar surface area (TPSA) is 27.7 Å². The maximum absolute atomic E-state index is 7.12. The highest BCUT2D eigenvalue weighted by atomic mass is 28.4. The van der Waals surface area contributed by atoms with Crippen LogP contribution in [-0.4, -0.2) is 43.3 Å². The van der Waals surface area contributed by atoms with Gasteiger partial charge in [0.15, 0.2) is 25.0 Å². The monoisotopic (exact) mass is 743 g/mol. The van der Waals surface area contributed by atoms with Crippen LogP contribution in [0.15, 0.2) is 47.6 Å². The zero-order valence-electron chi connectivity index (χ0n) is 36.4. The van der Waals surface area contributed by atoms with E-state index < -0.39 is 25.0 Å². The first-order valence-corrected chi connectivity index (χ1v) is 29.0. The molecular formula is C44H82O3Si3. The predicted molar refractivity (Wildman–Crippen MR) is 228 cm³/mol. The zero-order chi connectivity index (χ0) is 38.3. The molecule has 3 aliphatic carbocycles. The van der Waals surface area contributed by atoms with Crippen LogP contribution in [0.25, 0.3) is 0 Å². The van der Waals surface area contributed by atoms with Gasteiger partial charge < -0.3 is 13.3 Å². The lowest BCUT2D eigenvalue weighted by Gasteiger charge is -2.46. The van der Waals surface area contributed by atoms with E-state index in [2.05, 4.69) is 153 Å². The quantitative estimate of drug-likeness (QED) is 0.156. The van der Waals surface area contributed by atoms with E-state index in [1.54, 1.807) is 5.57 Å². The van der Waals surface area contributed by atoms with Crippen LogP contribution < -0.4 is 0 Å². The van der Waals surface area contributed by atoms with E-state index in [1.807, 2.05) is 0 Å². The molecule has 0 amide bonds. The zero-order valence-corrected chi connectivity index (χ0v) is 39.4. The van der Waals surface area contributed by atoms with Crippen molar-refractivity contribution in [2.75, 3.05) is 0 Å². The van der Waals surface area contributed by atoms with Gasteiger partial charge in [0, 0.05) is 6.10 Å². The molecule has 3 rings (SSSR count). The van der Waals surface area contributed by atoms with Crippen molar-refractivity contribution >= 4 is 25.0 Å². The second kappa shape index (κ2) is 15.7. The largest absolute Gasteiger partial charge is 0.414 e. The van der Waals surface area contributed by atoms with Crippen molar-refractivity contribution < 1.29 is 13.3 Å². The smallest absolute Gasteiger partial charge is 0.192 e. The minimum Gasteiger partial charge on any atom is -0.414 e. The number of hydrogen-bond donors (Lipinski definition) is 0. The number of allylic oxidation sites excluding steroid dienone is 4. The predicted octanol–water partition coefficient (Wildman–Crippen LogP) is 14.2. The molecule has 7 atom stereocenters. The average molecular weight is 743 g/mol. The Labute approximate surface area is 315 Å². The molecule has 0 N–H and O–H groups in total. The van der Waals surface area contributed by atoms with Gasteiger partial charge in [-0.2, -0.15) is 0 Å². The van der Waals surface area contributed by atoms with Crippen molar-refractivity contribution in [3.63, 3.8) is 0 Å². The fraction of sp³-hybridized carbons (Fsp3) is 0.818. The van der Waals surface area contributed by atoms with Crippen molar-refractivity contribution in [2.45, 2.75) is 207 Å². The molecule has 0 spiro atoms. The van der Waals surface area contributed by atoms with Gasteiger partial charge in [-0.25, -0.2) is 0 Å². The molecule has 3 fully saturated rings. The molecule has 50 heavy (non-hydrogen) atoms. The normalized spacial score (nSPS) is 29.8. The van der Waals surface area contributed by atoms with Gasteiger partial charge in [0.2, 0.25) is 0 Å². The summed E-state index contributed by atoms with van der Waals surface area (Å²) in [6.07, 6.45) is 19.8. The lowest BCUT2D eigenvalue weighted by Crippen LogP contribution is -2.49. The van der Waals surface area contributed by atoms with Crippen LogP contribution in [0.4, 0.5) is 0 Å². The van der Waals surface area contributed by atoms with Crippen LogP contribution in [-0.2, 0) is 13.3 Å². The Hall–Kier alpha value is -0.509. The third-order valence-electron chi connectivity index (χ3n) is 14.6. The lowest BCUT2D eigenvalue weighted by molar-refractivity contribution is 0.112. The molecule has 6 heteroatoms. The molecule has 0 aromatic rings. The first-order chi connectivity index (χ1) is 22.5. The summed E-state index contributed by atoms with van der Waals surface area (Å²) in [5.74, 6) is 2.01. The SMILES string of the molecule is C=C1[C@H](O[Si](C)(C)C(C)(C)C)CC(=C/C=C2\CCC[C@]3(C)[C@@H]([C@H](C)/C=C/C[C@@H](C)O[Si](C)(C)C(C)(C)C)CC[C@@H]23)C[C@H]1O[Si](C)(C)C(C)(C)C. The van der Waals surface area contributed by atoms with E-state index >= 15 is 0 Å². The van der Waals surface area contributed by atoms with Crippen LogP contribution >= 0.6 is 0 Å². The van der Waals surface area contributed by atoms with Gasteiger partial charge in [0.05, 0.1) is 12.2 Å². The molecule has 0 aliphatic heterocycles. The Morgan fingerprint density at radius 3 is 1.76 bits per heavy atom. The second-order valence-electron chi connectivity index (χ2n) is 21.6. The minimum atomic E-state index is -1.98. The number of fused-ring (bicyclic) bond motifs is 1.